The maximum Gasteiger partial charge on any atom is 0.0193 e. The predicted molar refractivity (Wildman–Crippen MR) is 76.4 cm³/mol. The van der Waals surface area contributed by atoms with Crippen molar-refractivity contribution in [3.8, 4) is 0 Å². The van der Waals surface area contributed by atoms with Crippen LogP contribution in [0, 0.1) is 0 Å². The van der Waals surface area contributed by atoms with Crippen LogP contribution in [0.4, 0.5) is 0 Å². The highest BCUT2D eigenvalue weighted by Crippen LogP contribution is 2.28. The minimum absolute atomic E-state index is 0.130. The Morgan fingerprint density at radius 3 is 2.47 bits per heavy atom. The van der Waals surface area contributed by atoms with Crippen LogP contribution in [0.25, 0.3) is 0 Å². The molecule has 0 heterocycles. The summed E-state index contributed by atoms with van der Waals surface area (Å²) in [5.41, 5.74) is 1.51. The quantitative estimate of drug-likeness (QED) is 0.702. The summed E-state index contributed by atoms with van der Waals surface area (Å²) in [5, 5.41) is 3.64. The molecule has 94 valence electrons. The first-order valence-electron chi connectivity index (χ1n) is 6.52. The second-order valence-electron chi connectivity index (χ2n) is 5.12. The van der Waals surface area contributed by atoms with Gasteiger partial charge in [-0.15, -0.1) is 6.58 Å². The van der Waals surface area contributed by atoms with Gasteiger partial charge in [0, 0.05) is 11.5 Å². The molecule has 0 aromatic heterocycles. The highest BCUT2D eigenvalue weighted by atomic mass is 14.9. The standard InChI is InChI=1S/C16H25N/c1-5-10-15(17-13-6-2)16(3,4)14-11-8-7-9-12-14/h5,7-9,11-12,15,17H,1,6,10,13H2,2-4H3. The second-order valence-corrected chi connectivity index (χ2v) is 5.12. The van der Waals surface area contributed by atoms with Gasteiger partial charge < -0.3 is 5.32 Å². The average molecular weight is 231 g/mol. The van der Waals surface area contributed by atoms with E-state index in [1.807, 2.05) is 6.08 Å². The first-order chi connectivity index (χ1) is 8.12. The van der Waals surface area contributed by atoms with Gasteiger partial charge in [0.25, 0.3) is 0 Å². The summed E-state index contributed by atoms with van der Waals surface area (Å²) in [4.78, 5) is 0. The van der Waals surface area contributed by atoms with Crippen LogP contribution in [0.15, 0.2) is 43.0 Å². The lowest BCUT2D eigenvalue weighted by molar-refractivity contribution is 0.342. The average Bonchev–Trinajstić information content (AvgIpc) is 2.35. The monoisotopic (exact) mass is 231 g/mol. The fourth-order valence-electron chi connectivity index (χ4n) is 2.19. The fraction of sp³-hybridized carbons (Fsp3) is 0.500. The molecule has 0 saturated heterocycles. The normalized spacial score (nSPS) is 13.4. The van der Waals surface area contributed by atoms with Crippen LogP contribution in [0.5, 0.6) is 0 Å². The van der Waals surface area contributed by atoms with Gasteiger partial charge in [-0.1, -0.05) is 57.2 Å². The first kappa shape index (κ1) is 14.0. The molecule has 1 N–H and O–H groups in total. The van der Waals surface area contributed by atoms with E-state index in [9.17, 15) is 0 Å². The summed E-state index contributed by atoms with van der Waals surface area (Å²) < 4.78 is 0. The number of rotatable bonds is 7. The van der Waals surface area contributed by atoms with Crippen molar-refractivity contribution in [1.82, 2.24) is 5.32 Å². The van der Waals surface area contributed by atoms with Crippen LogP contribution in [-0.2, 0) is 5.41 Å². The Balaban J connectivity index is 2.86. The number of nitrogens with one attached hydrogen (secondary N) is 1. The van der Waals surface area contributed by atoms with Gasteiger partial charge in [0.15, 0.2) is 0 Å². The maximum atomic E-state index is 3.88. The van der Waals surface area contributed by atoms with Crippen molar-refractivity contribution in [3.63, 3.8) is 0 Å². The highest BCUT2D eigenvalue weighted by Gasteiger charge is 2.29. The van der Waals surface area contributed by atoms with Gasteiger partial charge in [0.05, 0.1) is 0 Å². The van der Waals surface area contributed by atoms with Crippen molar-refractivity contribution in [2.45, 2.75) is 45.1 Å². The summed E-state index contributed by atoms with van der Waals surface area (Å²) in [6.45, 7) is 11.8. The van der Waals surface area contributed by atoms with E-state index in [-0.39, 0.29) is 5.41 Å². The molecule has 0 amide bonds. The van der Waals surface area contributed by atoms with E-state index in [1.54, 1.807) is 0 Å². The molecule has 1 aromatic carbocycles. The Hall–Kier alpha value is -1.08. The molecule has 0 aliphatic rings. The molecule has 1 heteroatoms. The first-order valence-corrected chi connectivity index (χ1v) is 6.52. The minimum Gasteiger partial charge on any atom is -0.313 e. The van der Waals surface area contributed by atoms with Crippen LogP contribution in [0.3, 0.4) is 0 Å². The van der Waals surface area contributed by atoms with Crippen LogP contribution >= 0.6 is 0 Å². The summed E-state index contributed by atoms with van der Waals surface area (Å²) in [7, 11) is 0. The third-order valence-electron chi connectivity index (χ3n) is 3.43. The second kappa shape index (κ2) is 6.61. The maximum absolute atomic E-state index is 3.88. The Labute approximate surface area is 106 Å². The van der Waals surface area contributed by atoms with E-state index in [0.29, 0.717) is 6.04 Å². The minimum atomic E-state index is 0.130. The molecule has 0 spiro atoms. The predicted octanol–water partition coefficient (Wildman–Crippen LogP) is 3.91. The summed E-state index contributed by atoms with van der Waals surface area (Å²) in [6.07, 6.45) is 4.18. The largest absolute Gasteiger partial charge is 0.313 e. The van der Waals surface area contributed by atoms with Crippen molar-refractivity contribution in [2.24, 2.45) is 0 Å². The van der Waals surface area contributed by atoms with E-state index in [4.69, 9.17) is 0 Å². The van der Waals surface area contributed by atoms with Gasteiger partial charge in [-0.25, -0.2) is 0 Å². The summed E-state index contributed by atoms with van der Waals surface area (Å²) in [5.74, 6) is 0. The van der Waals surface area contributed by atoms with Gasteiger partial charge in [0.1, 0.15) is 0 Å². The molecule has 1 aromatic rings. The lowest BCUT2D eigenvalue weighted by Gasteiger charge is -2.35. The highest BCUT2D eigenvalue weighted by molar-refractivity contribution is 5.26. The van der Waals surface area contributed by atoms with Crippen molar-refractivity contribution in [3.05, 3.63) is 48.6 Å². The van der Waals surface area contributed by atoms with Crippen molar-refractivity contribution >= 4 is 0 Å². The Kier molecular flexibility index (Phi) is 5.43. The number of benzene rings is 1. The SMILES string of the molecule is C=CCC(NCCC)C(C)(C)c1ccccc1. The topological polar surface area (TPSA) is 12.0 Å². The Morgan fingerprint density at radius 1 is 1.29 bits per heavy atom. The number of hydrogen-bond donors (Lipinski definition) is 1. The lowest BCUT2D eigenvalue weighted by Crippen LogP contribution is -2.44. The van der Waals surface area contributed by atoms with E-state index in [0.717, 1.165) is 13.0 Å². The molecule has 1 atom stereocenters. The van der Waals surface area contributed by atoms with E-state index in [1.165, 1.54) is 12.0 Å². The third-order valence-corrected chi connectivity index (χ3v) is 3.43. The van der Waals surface area contributed by atoms with Crippen LogP contribution < -0.4 is 5.32 Å². The van der Waals surface area contributed by atoms with Crippen molar-refractivity contribution < 1.29 is 0 Å². The molecule has 0 aliphatic carbocycles. The molecule has 17 heavy (non-hydrogen) atoms. The Bertz CT molecular complexity index is 327. The number of hydrogen-bond acceptors (Lipinski definition) is 1. The Morgan fingerprint density at radius 2 is 1.94 bits per heavy atom. The fourth-order valence-corrected chi connectivity index (χ4v) is 2.19. The lowest BCUT2D eigenvalue weighted by atomic mass is 9.76. The van der Waals surface area contributed by atoms with Crippen LogP contribution in [0.1, 0.15) is 39.2 Å². The zero-order valence-corrected chi connectivity index (χ0v) is 11.4. The molecule has 0 fully saturated rings. The van der Waals surface area contributed by atoms with Gasteiger partial charge in [-0.2, -0.15) is 0 Å². The van der Waals surface area contributed by atoms with Crippen molar-refractivity contribution in [2.75, 3.05) is 6.54 Å². The van der Waals surface area contributed by atoms with E-state index < -0.39 is 0 Å². The molecule has 1 nitrogen and oxygen atoms in total. The van der Waals surface area contributed by atoms with Gasteiger partial charge in [0.2, 0.25) is 0 Å². The van der Waals surface area contributed by atoms with E-state index in [2.05, 4.69) is 63.0 Å². The molecular formula is C16H25N. The third kappa shape index (κ3) is 3.71. The van der Waals surface area contributed by atoms with Gasteiger partial charge in [-0.05, 0) is 24.9 Å². The summed E-state index contributed by atoms with van der Waals surface area (Å²) >= 11 is 0. The molecular weight excluding hydrogens is 206 g/mol. The van der Waals surface area contributed by atoms with Gasteiger partial charge in [-0.3, -0.25) is 0 Å². The van der Waals surface area contributed by atoms with Crippen LogP contribution in [-0.4, -0.2) is 12.6 Å². The van der Waals surface area contributed by atoms with Gasteiger partial charge >= 0.3 is 0 Å². The molecule has 1 unspecified atom stereocenters. The van der Waals surface area contributed by atoms with E-state index >= 15 is 0 Å². The zero-order chi connectivity index (χ0) is 12.7. The molecule has 0 radical (unpaired) electrons. The molecule has 0 saturated carbocycles. The molecule has 1 rings (SSSR count). The zero-order valence-electron chi connectivity index (χ0n) is 11.4. The summed E-state index contributed by atoms with van der Waals surface area (Å²) in [6, 6.07) is 11.2. The van der Waals surface area contributed by atoms with Crippen molar-refractivity contribution in [1.29, 1.82) is 0 Å². The smallest absolute Gasteiger partial charge is 0.0193 e. The van der Waals surface area contributed by atoms with Crippen LogP contribution in [0.2, 0.25) is 0 Å². The molecule has 0 bridgehead atoms. The molecule has 0 aliphatic heterocycles.